The molecule has 1 fully saturated rings. The van der Waals surface area contributed by atoms with Crippen LogP contribution in [0.1, 0.15) is 60.3 Å². The molecule has 0 radical (unpaired) electrons. The minimum absolute atomic E-state index is 0.0441. The van der Waals surface area contributed by atoms with Gasteiger partial charge in [-0.3, -0.25) is 9.59 Å². The van der Waals surface area contributed by atoms with Gasteiger partial charge in [-0.05, 0) is 38.5 Å². The molecule has 1 aliphatic carbocycles. The van der Waals surface area contributed by atoms with Crippen LogP contribution in [0.4, 0.5) is 0 Å². The molecular formula is C18H29N3O5. The number of rotatable bonds is 10. The van der Waals surface area contributed by atoms with Crippen molar-refractivity contribution in [2.75, 3.05) is 0 Å². The third kappa shape index (κ3) is 7.89. The fraction of sp³-hybridized carbons (Fsp3) is 0.778. The van der Waals surface area contributed by atoms with Crippen LogP contribution >= 0.6 is 0 Å². The first-order valence-corrected chi connectivity index (χ1v) is 8.91. The molecule has 0 aromatic heterocycles. The number of nitrogens with zero attached hydrogens (tertiary/aromatic N) is 2. The Bertz CT molecular complexity index is 572. The van der Waals surface area contributed by atoms with Crippen molar-refractivity contribution in [3.05, 3.63) is 5.53 Å². The van der Waals surface area contributed by atoms with E-state index in [0.717, 1.165) is 19.1 Å². The van der Waals surface area contributed by atoms with Crippen LogP contribution in [0, 0.1) is 5.41 Å². The summed E-state index contributed by atoms with van der Waals surface area (Å²) in [5, 5.41) is 2.66. The van der Waals surface area contributed by atoms with Gasteiger partial charge in [0, 0.05) is 6.42 Å². The van der Waals surface area contributed by atoms with Gasteiger partial charge in [0.15, 0.2) is 0 Å². The summed E-state index contributed by atoms with van der Waals surface area (Å²) in [6.45, 7) is 9.08. The molecular weight excluding hydrogens is 338 g/mol. The number of Topliss-reactive ketones (excluding diaryl/α,β-unsaturated/α-hetero) is 1. The summed E-state index contributed by atoms with van der Waals surface area (Å²) in [4.78, 5) is 39.2. The van der Waals surface area contributed by atoms with E-state index in [-0.39, 0.29) is 25.0 Å². The number of esters is 1. The Kier molecular flexibility index (Phi) is 8.11. The fourth-order valence-electron chi connectivity index (χ4n) is 2.28. The van der Waals surface area contributed by atoms with E-state index in [1.54, 1.807) is 13.8 Å². The second kappa shape index (κ2) is 9.59. The van der Waals surface area contributed by atoms with Gasteiger partial charge in [-0.25, -0.2) is 4.79 Å². The van der Waals surface area contributed by atoms with Gasteiger partial charge in [-0.15, -0.1) is 0 Å². The fourth-order valence-corrected chi connectivity index (χ4v) is 2.28. The quantitative estimate of drug-likeness (QED) is 0.273. The molecule has 1 rings (SSSR count). The molecule has 1 aliphatic rings. The lowest BCUT2D eigenvalue weighted by molar-refractivity contribution is -0.155. The van der Waals surface area contributed by atoms with Gasteiger partial charge >= 0.3 is 12.2 Å². The van der Waals surface area contributed by atoms with Crippen molar-refractivity contribution in [3.8, 4) is 0 Å². The predicted octanol–water partition coefficient (Wildman–Crippen LogP) is 1.67. The zero-order valence-electron chi connectivity index (χ0n) is 16.2. The SMILES string of the molecule is CC(C)OC(=O)[C@H](CCC(=O)C=[N+]=[N-])NC(=O)[C@@H](OC1CC1)C(C)(C)C. The van der Waals surface area contributed by atoms with Gasteiger partial charge in [-0.1, -0.05) is 20.8 Å². The maximum absolute atomic E-state index is 12.7. The second-order valence-electron chi connectivity index (χ2n) is 7.88. The molecule has 0 aliphatic heterocycles. The monoisotopic (exact) mass is 367 g/mol. The first-order chi connectivity index (χ1) is 12.0. The standard InChI is InChI=1S/C18H29N3O5/c1-11(2)25-17(24)14(9-6-12(22)10-20-19)21-16(23)15(18(3,4)5)26-13-7-8-13/h10-11,13-15H,6-9H2,1-5H3,(H,21,23)/t14-,15+/m0/s1. The Hall–Kier alpha value is -2.05. The van der Waals surface area contributed by atoms with E-state index in [1.807, 2.05) is 20.8 Å². The molecule has 0 aromatic rings. The van der Waals surface area contributed by atoms with Crippen LogP contribution in [-0.2, 0) is 23.9 Å². The summed E-state index contributed by atoms with van der Waals surface area (Å²) in [6.07, 6.45) is 1.61. The number of carbonyl (C=O) groups is 3. The number of carbonyl (C=O) groups excluding carboxylic acids is 3. The predicted molar refractivity (Wildman–Crippen MR) is 94.4 cm³/mol. The second-order valence-corrected chi connectivity index (χ2v) is 7.88. The van der Waals surface area contributed by atoms with Crippen molar-refractivity contribution < 1.29 is 28.6 Å². The molecule has 0 spiro atoms. The molecule has 8 heteroatoms. The van der Waals surface area contributed by atoms with Crippen molar-refractivity contribution in [2.24, 2.45) is 5.41 Å². The molecule has 0 aromatic carbocycles. The van der Waals surface area contributed by atoms with Crippen molar-refractivity contribution in [1.29, 1.82) is 0 Å². The van der Waals surface area contributed by atoms with Gasteiger partial charge in [0.1, 0.15) is 12.1 Å². The van der Waals surface area contributed by atoms with Crippen LogP contribution in [0.2, 0.25) is 0 Å². The third-order valence-electron chi connectivity index (χ3n) is 3.71. The van der Waals surface area contributed by atoms with Crippen LogP contribution in [0.3, 0.4) is 0 Å². The first-order valence-electron chi connectivity index (χ1n) is 8.91. The summed E-state index contributed by atoms with van der Waals surface area (Å²) in [5.41, 5.74) is 7.95. The van der Waals surface area contributed by atoms with E-state index in [2.05, 4.69) is 10.1 Å². The molecule has 1 amide bonds. The van der Waals surface area contributed by atoms with Crippen molar-refractivity contribution in [3.63, 3.8) is 0 Å². The molecule has 1 N–H and O–H groups in total. The number of ether oxygens (including phenoxy) is 2. The van der Waals surface area contributed by atoms with E-state index >= 15 is 0 Å². The number of hydrogen-bond acceptors (Lipinski definition) is 5. The minimum Gasteiger partial charge on any atom is -0.461 e. The number of hydrogen-bond donors (Lipinski definition) is 1. The average molecular weight is 367 g/mol. The normalized spacial score (nSPS) is 16.4. The summed E-state index contributed by atoms with van der Waals surface area (Å²) in [6, 6.07) is -0.978. The highest BCUT2D eigenvalue weighted by Gasteiger charge is 2.39. The van der Waals surface area contributed by atoms with Crippen molar-refractivity contribution >= 4 is 23.9 Å². The lowest BCUT2D eigenvalue weighted by Crippen LogP contribution is -2.51. The van der Waals surface area contributed by atoms with Crippen LogP contribution in [0.25, 0.3) is 5.53 Å². The lowest BCUT2D eigenvalue weighted by Gasteiger charge is -2.31. The molecule has 2 atom stereocenters. The summed E-state index contributed by atoms with van der Waals surface area (Å²) in [5.74, 6) is -1.47. The number of amides is 1. The molecule has 8 nitrogen and oxygen atoms in total. The third-order valence-corrected chi connectivity index (χ3v) is 3.71. The van der Waals surface area contributed by atoms with Crippen LogP contribution < -0.4 is 5.32 Å². The van der Waals surface area contributed by atoms with E-state index in [9.17, 15) is 14.4 Å². The highest BCUT2D eigenvalue weighted by molar-refractivity contribution is 6.25. The zero-order valence-corrected chi connectivity index (χ0v) is 16.2. The topological polar surface area (TPSA) is 118 Å². The van der Waals surface area contributed by atoms with Crippen molar-refractivity contribution in [2.45, 2.75) is 84.7 Å². The Morgan fingerprint density at radius 2 is 1.88 bits per heavy atom. The Morgan fingerprint density at radius 3 is 2.35 bits per heavy atom. The molecule has 26 heavy (non-hydrogen) atoms. The number of nitrogens with one attached hydrogen (secondary N) is 1. The molecule has 0 heterocycles. The van der Waals surface area contributed by atoms with Crippen molar-refractivity contribution in [1.82, 2.24) is 5.32 Å². The van der Waals surface area contributed by atoms with E-state index < -0.39 is 35.2 Å². The first kappa shape index (κ1) is 22.0. The van der Waals surface area contributed by atoms with Crippen LogP contribution in [0.5, 0.6) is 0 Å². The van der Waals surface area contributed by atoms with E-state index in [1.165, 1.54) is 0 Å². The highest BCUT2D eigenvalue weighted by atomic mass is 16.5. The molecule has 0 bridgehead atoms. The van der Waals surface area contributed by atoms with Gasteiger partial charge in [0.2, 0.25) is 11.7 Å². The largest absolute Gasteiger partial charge is 0.461 e. The summed E-state index contributed by atoms with van der Waals surface area (Å²) >= 11 is 0. The lowest BCUT2D eigenvalue weighted by atomic mass is 9.88. The Balaban J connectivity index is 2.82. The highest BCUT2D eigenvalue weighted by Crippen LogP contribution is 2.31. The van der Waals surface area contributed by atoms with E-state index in [4.69, 9.17) is 15.0 Å². The molecule has 0 unspecified atom stereocenters. The van der Waals surface area contributed by atoms with Crippen LogP contribution in [-0.4, -0.2) is 53.0 Å². The minimum atomic E-state index is -0.978. The summed E-state index contributed by atoms with van der Waals surface area (Å²) in [7, 11) is 0. The van der Waals surface area contributed by atoms with Gasteiger partial charge in [0.25, 0.3) is 0 Å². The van der Waals surface area contributed by atoms with Gasteiger partial charge < -0.3 is 20.3 Å². The van der Waals surface area contributed by atoms with Crippen LogP contribution in [0.15, 0.2) is 0 Å². The molecule has 0 saturated heterocycles. The Labute approximate surface area is 154 Å². The average Bonchev–Trinajstić information content (AvgIpc) is 3.31. The number of ketones is 1. The zero-order chi connectivity index (χ0) is 19.9. The van der Waals surface area contributed by atoms with Gasteiger partial charge in [0.05, 0.1) is 12.2 Å². The molecule has 146 valence electrons. The summed E-state index contributed by atoms with van der Waals surface area (Å²) < 4.78 is 11.0. The smallest absolute Gasteiger partial charge is 0.328 e. The maximum Gasteiger partial charge on any atom is 0.328 e. The van der Waals surface area contributed by atoms with E-state index in [0.29, 0.717) is 0 Å². The van der Waals surface area contributed by atoms with Gasteiger partial charge in [-0.2, -0.15) is 4.79 Å². The Morgan fingerprint density at radius 1 is 1.27 bits per heavy atom. The molecule has 1 saturated carbocycles. The maximum atomic E-state index is 12.7.